The molecule has 8 nitrogen and oxygen atoms in total. The Morgan fingerprint density at radius 3 is 2.65 bits per heavy atom. The number of nitrogens with zero attached hydrogens (tertiary/aromatic N) is 4. The van der Waals surface area contributed by atoms with Crippen molar-refractivity contribution < 1.29 is 9.53 Å². The summed E-state index contributed by atoms with van der Waals surface area (Å²) in [5.41, 5.74) is 0.957. The van der Waals surface area contributed by atoms with E-state index in [0.29, 0.717) is 23.4 Å². The molecule has 0 aliphatic carbocycles. The fourth-order valence-corrected chi connectivity index (χ4v) is 4.31. The number of ether oxygens (including phenoxy) is 1. The summed E-state index contributed by atoms with van der Waals surface area (Å²) in [5.74, 6) is 1.93. The zero-order valence-corrected chi connectivity index (χ0v) is 18.4. The summed E-state index contributed by atoms with van der Waals surface area (Å²) in [6.45, 7) is 4.27. The van der Waals surface area contributed by atoms with Crippen molar-refractivity contribution >= 4 is 29.0 Å². The van der Waals surface area contributed by atoms with Crippen LogP contribution in [0.3, 0.4) is 0 Å². The average molecular weight is 439 g/mol. The summed E-state index contributed by atoms with van der Waals surface area (Å²) in [5, 5.41) is 8.10. The Balaban J connectivity index is 1.32. The van der Waals surface area contributed by atoms with Crippen LogP contribution in [0.25, 0.3) is 10.6 Å². The van der Waals surface area contributed by atoms with Gasteiger partial charge in [0.25, 0.3) is 0 Å². The second-order valence-electron chi connectivity index (χ2n) is 7.68. The molecule has 9 heteroatoms. The van der Waals surface area contributed by atoms with Crippen molar-refractivity contribution in [3.63, 3.8) is 0 Å². The lowest BCUT2D eigenvalue weighted by Crippen LogP contribution is -2.36. The van der Waals surface area contributed by atoms with Gasteiger partial charge in [0.15, 0.2) is 0 Å². The standard InChI is InChI=1S/C22H26N6O2S/c1-15(16-8-12-28(2)13-9-16)30-20-5-3-4-18(24-20)26-22(29)27-19-14-31-21(25-19)17-6-10-23-11-7-17/h3-7,10-11,14-16H,8-9,12-13H2,1-2H3,(H2,24,26,27,29). The molecular formula is C22H26N6O2S. The van der Waals surface area contributed by atoms with Crippen LogP contribution in [0.5, 0.6) is 5.88 Å². The first-order chi connectivity index (χ1) is 15.1. The zero-order chi connectivity index (χ0) is 21.6. The molecule has 2 N–H and O–H groups in total. The predicted octanol–water partition coefficient (Wildman–Crippen LogP) is 4.35. The molecule has 31 heavy (non-hydrogen) atoms. The number of urea groups is 1. The van der Waals surface area contributed by atoms with Crippen molar-refractivity contribution in [2.75, 3.05) is 30.8 Å². The topological polar surface area (TPSA) is 92.3 Å². The highest BCUT2D eigenvalue weighted by molar-refractivity contribution is 7.13. The third-order valence-corrected chi connectivity index (χ3v) is 6.26. The molecule has 1 atom stereocenters. The van der Waals surface area contributed by atoms with Crippen LogP contribution in [0.4, 0.5) is 16.4 Å². The molecular weight excluding hydrogens is 412 g/mol. The lowest BCUT2D eigenvalue weighted by Gasteiger charge is -2.32. The molecule has 0 aromatic carbocycles. The van der Waals surface area contributed by atoms with Gasteiger partial charge in [-0.1, -0.05) is 6.07 Å². The van der Waals surface area contributed by atoms with E-state index in [0.717, 1.165) is 36.5 Å². The highest BCUT2D eigenvalue weighted by atomic mass is 32.1. The van der Waals surface area contributed by atoms with Gasteiger partial charge in [0.05, 0.1) is 0 Å². The molecule has 0 bridgehead atoms. The minimum atomic E-state index is -0.403. The van der Waals surface area contributed by atoms with Gasteiger partial charge in [-0.25, -0.2) is 9.78 Å². The summed E-state index contributed by atoms with van der Waals surface area (Å²) in [7, 11) is 2.15. The van der Waals surface area contributed by atoms with Crippen LogP contribution in [-0.2, 0) is 0 Å². The predicted molar refractivity (Wildman–Crippen MR) is 123 cm³/mol. The highest BCUT2D eigenvalue weighted by Crippen LogP contribution is 2.26. The summed E-state index contributed by atoms with van der Waals surface area (Å²) in [6.07, 6.45) is 5.74. The van der Waals surface area contributed by atoms with Crippen molar-refractivity contribution in [1.82, 2.24) is 19.9 Å². The number of aromatic nitrogens is 3. The maximum absolute atomic E-state index is 12.4. The van der Waals surface area contributed by atoms with Crippen LogP contribution in [0.15, 0.2) is 48.1 Å². The Bertz CT molecular complexity index is 1000. The number of carbonyl (C=O) groups is 1. The van der Waals surface area contributed by atoms with Crippen LogP contribution >= 0.6 is 11.3 Å². The molecule has 1 unspecified atom stereocenters. The number of pyridine rings is 2. The number of amides is 2. The number of hydrogen-bond acceptors (Lipinski definition) is 7. The second-order valence-corrected chi connectivity index (χ2v) is 8.54. The van der Waals surface area contributed by atoms with E-state index >= 15 is 0 Å². The molecule has 4 rings (SSSR count). The Kier molecular flexibility index (Phi) is 6.73. The second kappa shape index (κ2) is 9.84. The average Bonchev–Trinajstić information content (AvgIpc) is 3.23. The first kappa shape index (κ1) is 21.2. The first-order valence-corrected chi connectivity index (χ1v) is 11.2. The SMILES string of the molecule is CC(Oc1cccc(NC(=O)Nc2csc(-c3ccncc3)n2)n1)C1CCN(C)CC1. The molecule has 1 aliphatic heterocycles. The molecule has 3 aromatic heterocycles. The molecule has 1 aliphatic rings. The van der Waals surface area contributed by atoms with Crippen molar-refractivity contribution in [3.05, 3.63) is 48.1 Å². The van der Waals surface area contributed by atoms with Crippen LogP contribution in [0.2, 0.25) is 0 Å². The van der Waals surface area contributed by atoms with Crippen LogP contribution in [0.1, 0.15) is 19.8 Å². The van der Waals surface area contributed by atoms with Crippen molar-refractivity contribution in [1.29, 1.82) is 0 Å². The number of likely N-dealkylation sites (tertiary alicyclic amines) is 1. The van der Waals surface area contributed by atoms with Crippen molar-refractivity contribution in [3.8, 4) is 16.5 Å². The Labute approximate surface area is 185 Å². The van der Waals surface area contributed by atoms with Crippen LogP contribution in [0, 0.1) is 5.92 Å². The van der Waals surface area contributed by atoms with Gasteiger partial charge in [0.2, 0.25) is 5.88 Å². The van der Waals surface area contributed by atoms with Gasteiger partial charge in [0, 0.05) is 29.4 Å². The monoisotopic (exact) mass is 438 g/mol. The molecule has 2 amide bonds. The Hall–Kier alpha value is -3.04. The van der Waals surface area contributed by atoms with Gasteiger partial charge < -0.3 is 9.64 Å². The van der Waals surface area contributed by atoms with E-state index in [1.54, 1.807) is 23.8 Å². The van der Waals surface area contributed by atoms with Gasteiger partial charge in [-0.3, -0.25) is 15.6 Å². The summed E-state index contributed by atoms with van der Waals surface area (Å²) in [6, 6.07) is 8.73. The van der Waals surface area contributed by atoms with E-state index in [9.17, 15) is 4.79 Å². The molecule has 4 heterocycles. The third-order valence-electron chi connectivity index (χ3n) is 5.37. The molecule has 1 fully saturated rings. The molecule has 0 spiro atoms. The maximum atomic E-state index is 12.4. The summed E-state index contributed by atoms with van der Waals surface area (Å²) < 4.78 is 6.06. The zero-order valence-electron chi connectivity index (χ0n) is 17.6. The number of nitrogens with one attached hydrogen (secondary N) is 2. The van der Waals surface area contributed by atoms with E-state index in [2.05, 4.69) is 44.5 Å². The number of hydrogen-bond donors (Lipinski definition) is 2. The van der Waals surface area contributed by atoms with Gasteiger partial charge in [-0.05, 0) is 64.0 Å². The number of anilines is 2. The summed E-state index contributed by atoms with van der Waals surface area (Å²) in [4.78, 5) is 27.6. The largest absolute Gasteiger partial charge is 0.474 e. The third kappa shape index (κ3) is 5.77. The summed E-state index contributed by atoms with van der Waals surface area (Å²) >= 11 is 1.45. The van der Waals surface area contributed by atoms with E-state index in [1.807, 2.05) is 24.3 Å². The lowest BCUT2D eigenvalue weighted by molar-refractivity contribution is 0.0942. The first-order valence-electron chi connectivity index (χ1n) is 10.3. The van der Waals surface area contributed by atoms with Crippen molar-refractivity contribution in [2.45, 2.75) is 25.9 Å². The van der Waals surface area contributed by atoms with Crippen LogP contribution < -0.4 is 15.4 Å². The van der Waals surface area contributed by atoms with E-state index in [-0.39, 0.29) is 6.10 Å². The van der Waals surface area contributed by atoms with E-state index in [1.165, 1.54) is 11.3 Å². The van der Waals surface area contributed by atoms with E-state index in [4.69, 9.17) is 4.74 Å². The van der Waals surface area contributed by atoms with Gasteiger partial charge in [-0.15, -0.1) is 11.3 Å². The van der Waals surface area contributed by atoms with Gasteiger partial charge >= 0.3 is 6.03 Å². The smallest absolute Gasteiger partial charge is 0.326 e. The van der Waals surface area contributed by atoms with E-state index < -0.39 is 6.03 Å². The fraction of sp³-hybridized carbons (Fsp3) is 0.364. The molecule has 0 saturated carbocycles. The maximum Gasteiger partial charge on any atom is 0.326 e. The van der Waals surface area contributed by atoms with Crippen LogP contribution in [-0.4, -0.2) is 52.1 Å². The number of thiazole rings is 1. The fourth-order valence-electron chi connectivity index (χ4n) is 3.56. The quantitative estimate of drug-likeness (QED) is 0.594. The highest BCUT2D eigenvalue weighted by Gasteiger charge is 2.24. The Morgan fingerprint density at radius 1 is 1.13 bits per heavy atom. The number of piperidine rings is 1. The molecule has 1 saturated heterocycles. The van der Waals surface area contributed by atoms with Gasteiger partial charge in [-0.2, -0.15) is 4.98 Å². The minimum Gasteiger partial charge on any atom is -0.474 e. The minimum absolute atomic E-state index is 0.0758. The molecule has 3 aromatic rings. The molecule has 0 radical (unpaired) electrons. The molecule has 162 valence electrons. The number of carbonyl (C=O) groups excluding carboxylic acids is 1. The van der Waals surface area contributed by atoms with Crippen molar-refractivity contribution in [2.24, 2.45) is 5.92 Å². The normalized spacial score (nSPS) is 15.9. The van der Waals surface area contributed by atoms with Gasteiger partial charge in [0.1, 0.15) is 22.7 Å². The Morgan fingerprint density at radius 2 is 1.87 bits per heavy atom. The number of rotatable bonds is 6. The lowest BCUT2D eigenvalue weighted by atomic mass is 9.92.